The quantitative estimate of drug-likeness (QED) is 0.499. The van der Waals surface area contributed by atoms with Crippen molar-refractivity contribution < 1.29 is 17.9 Å². The molecule has 1 aromatic carbocycles. The highest BCUT2D eigenvalue weighted by Crippen LogP contribution is 2.38. The summed E-state index contributed by atoms with van der Waals surface area (Å²) in [4.78, 5) is 11.7. The van der Waals surface area contributed by atoms with Crippen molar-refractivity contribution in [1.29, 1.82) is 0 Å². The zero-order chi connectivity index (χ0) is 22.6. The van der Waals surface area contributed by atoms with E-state index in [4.69, 9.17) is 10.5 Å². The van der Waals surface area contributed by atoms with Crippen molar-refractivity contribution in [3.8, 4) is 0 Å². The van der Waals surface area contributed by atoms with Gasteiger partial charge in [-0.1, -0.05) is 39.2 Å². The predicted octanol–water partition coefficient (Wildman–Crippen LogP) is 2.23. The van der Waals surface area contributed by atoms with E-state index in [1.165, 1.54) is 5.56 Å². The number of rotatable bonds is 9. The Morgan fingerprint density at radius 2 is 1.90 bits per heavy atom. The molecule has 1 aromatic rings. The first-order valence-electron chi connectivity index (χ1n) is 11.3. The van der Waals surface area contributed by atoms with Crippen LogP contribution in [0.1, 0.15) is 73.9 Å². The topological polar surface area (TPSA) is 111 Å². The predicted molar refractivity (Wildman–Crippen MR) is 123 cm³/mol. The minimum atomic E-state index is -3.23. The molecular formula is C23H37N3O4S. The summed E-state index contributed by atoms with van der Waals surface area (Å²) < 4.78 is 33.6. The molecule has 1 saturated carbocycles. The zero-order valence-electron chi connectivity index (χ0n) is 18.9. The number of benzene rings is 1. The van der Waals surface area contributed by atoms with Crippen molar-refractivity contribution in [2.45, 2.75) is 81.6 Å². The number of nitrogens with two attached hydrogens (primary N) is 1. The van der Waals surface area contributed by atoms with Crippen LogP contribution in [-0.4, -0.2) is 51.9 Å². The van der Waals surface area contributed by atoms with E-state index in [0.29, 0.717) is 25.1 Å². The van der Waals surface area contributed by atoms with Crippen LogP contribution >= 0.6 is 0 Å². The van der Waals surface area contributed by atoms with Crippen LogP contribution in [0.25, 0.3) is 0 Å². The molecule has 2 aliphatic carbocycles. The van der Waals surface area contributed by atoms with Crippen LogP contribution in [0.5, 0.6) is 0 Å². The zero-order valence-corrected chi connectivity index (χ0v) is 19.8. The lowest BCUT2D eigenvalue weighted by atomic mass is 9.67. The van der Waals surface area contributed by atoms with Gasteiger partial charge in [0, 0.05) is 37.1 Å². The molecule has 3 rings (SSSR count). The van der Waals surface area contributed by atoms with E-state index in [2.05, 4.69) is 23.9 Å². The lowest BCUT2D eigenvalue weighted by molar-refractivity contribution is 0.0357. The van der Waals surface area contributed by atoms with E-state index in [0.717, 1.165) is 44.1 Å². The Kier molecular flexibility index (Phi) is 7.78. The Labute approximate surface area is 186 Å². The van der Waals surface area contributed by atoms with E-state index >= 15 is 0 Å². The summed E-state index contributed by atoms with van der Waals surface area (Å²) in [5.41, 5.74) is 8.00. The molecule has 4 N–H and O–H groups in total. The Balaban J connectivity index is 1.60. The Morgan fingerprint density at radius 3 is 2.55 bits per heavy atom. The standard InChI is InChI=1S/C23H37N3O4S/c1-23(2)19-14-17(22(24)27)11-10-16(19)15-20(30-3)21(23)25-12-7-13-26-31(28,29)18-8-5-4-6-9-18/h10-11,14,18,20-21,25-26H,4-9,12-13,15H2,1-3H3,(H2,24,27)/t20-,21+/m1/s1. The fraction of sp³-hybridized carbons (Fsp3) is 0.696. The summed E-state index contributed by atoms with van der Waals surface area (Å²) in [6.07, 6.45) is 6.11. The maximum absolute atomic E-state index is 12.5. The average molecular weight is 452 g/mol. The van der Waals surface area contributed by atoms with Crippen molar-refractivity contribution >= 4 is 15.9 Å². The van der Waals surface area contributed by atoms with Crippen molar-refractivity contribution in [3.05, 3.63) is 34.9 Å². The first-order valence-corrected chi connectivity index (χ1v) is 12.9. The minimum absolute atomic E-state index is 0.0131. The molecule has 31 heavy (non-hydrogen) atoms. The van der Waals surface area contributed by atoms with Gasteiger partial charge in [0.05, 0.1) is 11.4 Å². The number of hydrogen-bond donors (Lipinski definition) is 3. The van der Waals surface area contributed by atoms with Gasteiger partial charge in [-0.2, -0.15) is 0 Å². The molecule has 1 fully saturated rings. The maximum atomic E-state index is 12.5. The van der Waals surface area contributed by atoms with Crippen molar-refractivity contribution in [2.24, 2.45) is 5.73 Å². The number of sulfonamides is 1. The second-order valence-electron chi connectivity index (χ2n) is 9.42. The van der Waals surface area contributed by atoms with Gasteiger partial charge in [0.25, 0.3) is 0 Å². The minimum Gasteiger partial charge on any atom is -0.379 e. The fourth-order valence-corrected chi connectivity index (χ4v) is 6.75. The van der Waals surface area contributed by atoms with Gasteiger partial charge in [0.15, 0.2) is 0 Å². The number of primary amides is 1. The van der Waals surface area contributed by atoms with E-state index < -0.39 is 15.9 Å². The normalized spacial score (nSPS) is 24.0. The molecule has 0 aliphatic heterocycles. The third-order valence-electron chi connectivity index (χ3n) is 6.97. The maximum Gasteiger partial charge on any atom is 0.248 e. The summed E-state index contributed by atoms with van der Waals surface area (Å²) in [6.45, 7) is 5.39. The van der Waals surface area contributed by atoms with Crippen LogP contribution < -0.4 is 15.8 Å². The van der Waals surface area contributed by atoms with Gasteiger partial charge < -0.3 is 15.8 Å². The average Bonchev–Trinajstić information content (AvgIpc) is 2.74. The molecule has 0 heterocycles. The van der Waals surface area contributed by atoms with Crippen LogP contribution in [0, 0.1) is 0 Å². The fourth-order valence-electron chi connectivity index (χ4n) is 5.13. The van der Waals surface area contributed by atoms with Crippen LogP contribution in [0.4, 0.5) is 0 Å². The highest BCUT2D eigenvalue weighted by molar-refractivity contribution is 7.90. The first kappa shape index (κ1) is 24.2. The Morgan fingerprint density at radius 1 is 1.19 bits per heavy atom. The number of methoxy groups -OCH3 is 1. The lowest BCUT2D eigenvalue weighted by Crippen LogP contribution is -2.57. The molecule has 0 spiro atoms. The molecule has 1 amide bonds. The molecule has 8 heteroatoms. The van der Waals surface area contributed by atoms with E-state index in [1.807, 2.05) is 12.1 Å². The SMILES string of the molecule is CO[C@@H]1Cc2ccc(C(N)=O)cc2C(C)(C)[C@H]1NCCCNS(=O)(=O)C1CCCCC1. The number of amides is 1. The molecule has 0 saturated heterocycles. The first-order chi connectivity index (χ1) is 14.7. The third kappa shape index (κ3) is 5.48. The molecule has 0 aromatic heterocycles. The summed E-state index contributed by atoms with van der Waals surface area (Å²) in [6, 6.07) is 5.68. The highest BCUT2D eigenvalue weighted by Gasteiger charge is 2.42. The van der Waals surface area contributed by atoms with E-state index in [-0.39, 0.29) is 22.8 Å². The molecule has 0 bridgehead atoms. The van der Waals surface area contributed by atoms with Crippen LogP contribution in [0.3, 0.4) is 0 Å². The summed E-state index contributed by atoms with van der Waals surface area (Å²) in [7, 11) is -1.51. The number of fused-ring (bicyclic) bond motifs is 1. The van der Waals surface area contributed by atoms with Gasteiger partial charge in [0.2, 0.25) is 15.9 Å². The number of hydrogen-bond acceptors (Lipinski definition) is 5. The summed E-state index contributed by atoms with van der Waals surface area (Å²) in [5, 5.41) is 3.36. The number of carbonyl (C=O) groups is 1. The number of nitrogens with one attached hydrogen (secondary N) is 2. The molecule has 0 unspecified atom stereocenters. The number of ether oxygens (including phenoxy) is 1. The van der Waals surface area contributed by atoms with Gasteiger partial charge in [-0.3, -0.25) is 4.79 Å². The second kappa shape index (κ2) is 9.98. The largest absolute Gasteiger partial charge is 0.379 e. The molecule has 0 radical (unpaired) electrons. The second-order valence-corrected chi connectivity index (χ2v) is 11.5. The Bertz CT molecular complexity index is 879. The van der Waals surface area contributed by atoms with Gasteiger partial charge in [0.1, 0.15) is 0 Å². The summed E-state index contributed by atoms with van der Waals surface area (Å²) >= 11 is 0. The number of carbonyl (C=O) groups excluding carboxylic acids is 1. The molecular weight excluding hydrogens is 414 g/mol. The highest BCUT2D eigenvalue weighted by atomic mass is 32.2. The van der Waals surface area contributed by atoms with E-state index in [9.17, 15) is 13.2 Å². The van der Waals surface area contributed by atoms with Gasteiger partial charge >= 0.3 is 0 Å². The van der Waals surface area contributed by atoms with Crippen LogP contribution in [-0.2, 0) is 26.6 Å². The van der Waals surface area contributed by atoms with Gasteiger partial charge in [-0.15, -0.1) is 0 Å². The monoisotopic (exact) mass is 451 g/mol. The summed E-state index contributed by atoms with van der Waals surface area (Å²) in [5.74, 6) is -0.428. The third-order valence-corrected chi connectivity index (χ3v) is 8.93. The van der Waals surface area contributed by atoms with Gasteiger partial charge in [-0.25, -0.2) is 13.1 Å². The molecule has 2 atom stereocenters. The molecule has 7 nitrogen and oxygen atoms in total. The molecule has 2 aliphatic rings. The van der Waals surface area contributed by atoms with Crippen molar-refractivity contribution in [1.82, 2.24) is 10.0 Å². The van der Waals surface area contributed by atoms with Crippen LogP contribution in [0.2, 0.25) is 0 Å². The van der Waals surface area contributed by atoms with E-state index in [1.54, 1.807) is 13.2 Å². The molecule has 174 valence electrons. The van der Waals surface area contributed by atoms with Crippen LogP contribution in [0.15, 0.2) is 18.2 Å². The lowest BCUT2D eigenvalue weighted by Gasteiger charge is -2.45. The van der Waals surface area contributed by atoms with Crippen molar-refractivity contribution in [3.63, 3.8) is 0 Å². The smallest absolute Gasteiger partial charge is 0.248 e. The Hall–Kier alpha value is -1.48. The van der Waals surface area contributed by atoms with Gasteiger partial charge in [-0.05, 0) is 49.1 Å². The van der Waals surface area contributed by atoms with Crippen molar-refractivity contribution in [2.75, 3.05) is 20.2 Å².